The molecule has 6 heteroatoms. The van der Waals surface area contributed by atoms with E-state index in [-0.39, 0.29) is 11.0 Å². The van der Waals surface area contributed by atoms with Gasteiger partial charge in [-0.1, -0.05) is 41.9 Å². The number of hydrogen-bond donors (Lipinski definition) is 2. The summed E-state index contributed by atoms with van der Waals surface area (Å²) in [5.41, 5.74) is 1.45. The maximum atomic E-state index is 12.6. The van der Waals surface area contributed by atoms with Gasteiger partial charge in [-0.2, -0.15) is 0 Å². The third-order valence-corrected chi connectivity index (χ3v) is 4.12. The number of carbonyl (C=O) groups is 1. The number of carbonyl (C=O) groups excluding carboxylic acids is 1. The number of thiocarbonyl (C=S) groups is 1. The van der Waals surface area contributed by atoms with Gasteiger partial charge >= 0.3 is 0 Å². The molecule has 1 aromatic heterocycles. The number of aryl methyl sites for hydroxylation is 1. The number of pyridine rings is 1. The number of anilines is 1. The van der Waals surface area contributed by atoms with Gasteiger partial charge in [-0.25, -0.2) is 4.98 Å². The quantitative estimate of drug-likeness (QED) is 0.672. The van der Waals surface area contributed by atoms with Crippen LogP contribution in [0.15, 0.2) is 54.7 Å². The molecule has 3 rings (SSSR count). The minimum Gasteiger partial charge on any atom is -0.317 e. The van der Waals surface area contributed by atoms with Gasteiger partial charge in [-0.15, -0.1) is 0 Å². The van der Waals surface area contributed by atoms with E-state index in [1.807, 2.05) is 37.3 Å². The molecule has 0 spiro atoms. The number of nitrogens with one attached hydrogen (secondary N) is 2. The molecule has 0 aliphatic heterocycles. The number of nitrogens with zero attached hydrogens (tertiary/aromatic N) is 1. The number of rotatable bonds is 2. The van der Waals surface area contributed by atoms with Crippen LogP contribution in [0.3, 0.4) is 0 Å². The summed E-state index contributed by atoms with van der Waals surface area (Å²) in [7, 11) is 0. The van der Waals surface area contributed by atoms with Crippen molar-refractivity contribution < 1.29 is 4.79 Å². The standard InChI is InChI=1S/C18H14ClN3OS/c1-11-5-4-10-20-16(11)21-18(24)22-17(23)14-8-2-7-13-12(14)6-3-9-15(13)19/h2-10H,1H3,(H2,20,21,22,23,24). The Labute approximate surface area is 149 Å². The van der Waals surface area contributed by atoms with Crippen LogP contribution in [0.1, 0.15) is 15.9 Å². The van der Waals surface area contributed by atoms with Crippen molar-refractivity contribution in [3.63, 3.8) is 0 Å². The zero-order chi connectivity index (χ0) is 17.1. The topological polar surface area (TPSA) is 54.0 Å². The Morgan fingerprint density at radius 1 is 1.08 bits per heavy atom. The molecule has 1 amide bonds. The van der Waals surface area contributed by atoms with Gasteiger partial charge < -0.3 is 5.32 Å². The number of amides is 1. The molecule has 3 aromatic rings. The van der Waals surface area contributed by atoms with Crippen molar-refractivity contribution >= 4 is 51.4 Å². The van der Waals surface area contributed by atoms with Crippen LogP contribution in [0, 0.1) is 6.92 Å². The molecule has 0 aliphatic carbocycles. The molecule has 0 radical (unpaired) electrons. The second-order valence-electron chi connectivity index (χ2n) is 5.22. The number of halogens is 1. The lowest BCUT2D eigenvalue weighted by Crippen LogP contribution is -2.34. The van der Waals surface area contributed by atoms with Crippen molar-refractivity contribution in [2.45, 2.75) is 6.92 Å². The molecule has 0 saturated carbocycles. The normalized spacial score (nSPS) is 10.4. The van der Waals surface area contributed by atoms with Gasteiger partial charge in [0.15, 0.2) is 5.11 Å². The second kappa shape index (κ2) is 6.95. The van der Waals surface area contributed by atoms with Crippen LogP contribution in [0.25, 0.3) is 10.8 Å². The van der Waals surface area contributed by atoms with Crippen molar-refractivity contribution in [1.29, 1.82) is 0 Å². The first-order valence-electron chi connectivity index (χ1n) is 7.27. The highest BCUT2D eigenvalue weighted by atomic mass is 35.5. The Morgan fingerprint density at radius 3 is 2.62 bits per heavy atom. The van der Waals surface area contributed by atoms with Gasteiger partial charge in [0, 0.05) is 22.2 Å². The minimum absolute atomic E-state index is 0.195. The van der Waals surface area contributed by atoms with Crippen LogP contribution in [0.4, 0.5) is 5.82 Å². The predicted octanol–water partition coefficient (Wildman–Crippen LogP) is 4.32. The van der Waals surface area contributed by atoms with Crippen LogP contribution in [0.2, 0.25) is 5.02 Å². The van der Waals surface area contributed by atoms with Crippen LogP contribution >= 0.6 is 23.8 Å². The molecule has 0 fully saturated rings. The van der Waals surface area contributed by atoms with Crippen molar-refractivity contribution in [2.24, 2.45) is 0 Å². The average Bonchev–Trinajstić information content (AvgIpc) is 2.57. The fourth-order valence-corrected chi connectivity index (χ4v) is 2.82. The molecule has 120 valence electrons. The van der Waals surface area contributed by atoms with E-state index in [2.05, 4.69) is 15.6 Å². The average molecular weight is 356 g/mol. The lowest BCUT2D eigenvalue weighted by atomic mass is 10.0. The SMILES string of the molecule is Cc1cccnc1NC(=S)NC(=O)c1cccc2c(Cl)cccc12. The minimum atomic E-state index is -0.297. The van der Waals surface area contributed by atoms with Gasteiger partial charge in [-0.05, 0) is 48.3 Å². The molecule has 0 bridgehead atoms. The summed E-state index contributed by atoms with van der Waals surface area (Å²) in [6.07, 6.45) is 1.66. The number of aromatic nitrogens is 1. The number of fused-ring (bicyclic) bond motifs is 1. The molecule has 2 N–H and O–H groups in total. The zero-order valence-electron chi connectivity index (χ0n) is 12.8. The first-order chi connectivity index (χ1) is 11.6. The summed E-state index contributed by atoms with van der Waals surface area (Å²) >= 11 is 11.4. The maximum Gasteiger partial charge on any atom is 0.258 e. The van der Waals surface area contributed by atoms with Crippen LogP contribution in [-0.2, 0) is 0 Å². The van der Waals surface area contributed by atoms with E-state index in [0.717, 1.165) is 16.3 Å². The molecule has 0 saturated heterocycles. The fourth-order valence-electron chi connectivity index (χ4n) is 2.40. The second-order valence-corrected chi connectivity index (χ2v) is 6.03. The lowest BCUT2D eigenvalue weighted by molar-refractivity contribution is 0.0979. The zero-order valence-corrected chi connectivity index (χ0v) is 14.4. The Balaban J connectivity index is 1.82. The van der Waals surface area contributed by atoms with Crippen molar-refractivity contribution in [1.82, 2.24) is 10.3 Å². The Hall–Kier alpha value is -2.50. The molecule has 1 heterocycles. The summed E-state index contributed by atoms with van der Waals surface area (Å²) in [6, 6.07) is 14.6. The fraction of sp³-hybridized carbons (Fsp3) is 0.0556. The first-order valence-corrected chi connectivity index (χ1v) is 8.06. The maximum absolute atomic E-state index is 12.6. The Morgan fingerprint density at radius 2 is 1.83 bits per heavy atom. The molecule has 0 aliphatic rings. The molecule has 24 heavy (non-hydrogen) atoms. The molecular formula is C18H14ClN3OS. The lowest BCUT2D eigenvalue weighted by Gasteiger charge is -2.12. The van der Waals surface area contributed by atoms with Gasteiger partial charge in [0.05, 0.1) is 0 Å². The van der Waals surface area contributed by atoms with E-state index in [1.54, 1.807) is 24.4 Å². The largest absolute Gasteiger partial charge is 0.317 e. The van der Waals surface area contributed by atoms with Crippen molar-refractivity contribution in [3.8, 4) is 0 Å². The van der Waals surface area contributed by atoms with Crippen molar-refractivity contribution in [3.05, 3.63) is 70.9 Å². The van der Waals surface area contributed by atoms with Gasteiger partial charge in [0.25, 0.3) is 5.91 Å². The van der Waals surface area contributed by atoms with E-state index in [0.29, 0.717) is 16.4 Å². The van der Waals surface area contributed by atoms with E-state index in [1.165, 1.54) is 0 Å². The van der Waals surface area contributed by atoms with Gasteiger partial charge in [0.2, 0.25) is 0 Å². The van der Waals surface area contributed by atoms with E-state index < -0.39 is 0 Å². The first kappa shape index (κ1) is 16.4. The Bertz CT molecular complexity index is 942. The third-order valence-electron chi connectivity index (χ3n) is 3.58. The van der Waals surface area contributed by atoms with Crippen LogP contribution < -0.4 is 10.6 Å². The summed E-state index contributed by atoms with van der Waals surface area (Å²) in [6.45, 7) is 1.91. The van der Waals surface area contributed by atoms with E-state index in [4.69, 9.17) is 23.8 Å². The number of hydrogen-bond acceptors (Lipinski definition) is 3. The summed E-state index contributed by atoms with van der Waals surface area (Å²) in [4.78, 5) is 16.7. The highest BCUT2D eigenvalue weighted by Gasteiger charge is 2.13. The Kier molecular flexibility index (Phi) is 4.74. The molecule has 0 unspecified atom stereocenters. The summed E-state index contributed by atoms with van der Waals surface area (Å²) < 4.78 is 0. The van der Waals surface area contributed by atoms with E-state index in [9.17, 15) is 4.79 Å². The van der Waals surface area contributed by atoms with Crippen molar-refractivity contribution in [2.75, 3.05) is 5.32 Å². The van der Waals surface area contributed by atoms with Gasteiger partial charge in [0.1, 0.15) is 5.82 Å². The number of benzene rings is 2. The molecule has 0 atom stereocenters. The molecule has 2 aromatic carbocycles. The predicted molar refractivity (Wildman–Crippen MR) is 102 cm³/mol. The molecule has 4 nitrogen and oxygen atoms in total. The summed E-state index contributed by atoms with van der Waals surface area (Å²) in [5.74, 6) is 0.317. The molecular weight excluding hydrogens is 342 g/mol. The smallest absolute Gasteiger partial charge is 0.258 e. The van der Waals surface area contributed by atoms with Crippen LogP contribution in [-0.4, -0.2) is 16.0 Å². The van der Waals surface area contributed by atoms with Gasteiger partial charge in [-0.3, -0.25) is 10.1 Å². The van der Waals surface area contributed by atoms with Crippen LogP contribution in [0.5, 0.6) is 0 Å². The van der Waals surface area contributed by atoms with E-state index >= 15 is 0 Å². The monoisotopic (exact) mass is 355 g/mol. The third kappa shape index (κ3) is 3.37. The summed E-state index contributed by atoms with van der Waals surface area (Å²) in [5, 5.41) is 8.02. The highest BCUT2D eigenvalue weighted by Crippen LogP contribution is 2.25. The highest BCUT2D eigenvalue weighted by molar-refractivity contribution is 7.80.